The van der Waals surface area contributed by atoms with Crippen molar-refractivity contribution in [2.24, 2.45) is 17.8 Å². The van der Waals surface area contributed by atoms with Crippen molar-refractivity contribution in [1.29, 1.82) is 0 Å². The van der Waals surface area contributed by atoms with E-state index in [1.807, 2.05) is 25.1 Å². The Balaban J connectivity index is 1.42. The number of sulfonamides is 1. The molecule has 2 heterocycles. The van der Waals surface area contributed by atoms with Crippen molar-refractivity contribution >= 4 is 33.2 Å². The predicted molar refractivity (Wildman–Crippen MR) is 161 cm³/mol. The van der Waals surface area contributed by atoms with Gasteiger partial charge in [0.15, 0.2) is 0 Å². The summed E-state index contributed by atoms with van der Waals surface area (Å²) in [7, 11) is -3.91. The van der Waals surface area contributed by atoms with Gasteiger partial charge in [-0.3, -0.25) is 4.79 Å². The molecule has 4 aliphatic rings. The summed E-state index contributed by atoms with van der Waals surface area (Å²) in [5.41, 5.74) is 3.33. The van der Waals surface area contributed by atoms with E-state index in [0.29, 0.717) is 31.9 Å². The molecule has 2 aromatic carbocycles. The lowest BCUT2D eigenvalue weighted by molar-refractivity contribution is 0.0456. The van der Waals surface area contributed by atoms with Crippen LogP contribution in [0.4, 0.5) is 5.69 Å². The van der Waals surface area contributed by atoms with Crippen LogP contribution in [-0.2, 0) is 21.9 Å². The third-order valence-electron chi connectivity index (χ3n) is 10.0. The van der Waals surface area contributed by atoms with E-state index in [2.05, 4.69) is 21.8 Å². The Hall–Kier alpha value is -2.55. The van der Waals surface area contributed by atoms with E-state index >= 15 is 0 Å². The number of allylic oxidation sites excluding steroid dienone is 1. The summed E-state index contributed by atoms with van der Waals surface area (Å²) < 4.78 is 35.1. The smallest absolute Gasteiger partial charge is 0.264 e. The lowest BCUT2D eigenvalue weighted by Gasteiger charge is -2.45. The molecule has 1 spiro atoms. The summed E-state index contributed by atoms with van der Waals surface area (Å²) in [5.74, 6) is 0.232. The molecule has 2 aromatic rings. The molecule has 9 heteroatoms. The van der Waals surface area contributed by atoms with Crippen molar-refractivity contribution in [3.8, 4) is 5.75 Å². The van der Waals surface area contributed by atoms with Crippen molar-refractivity contribution in [3.05, 3.63) is 70.3 Å². The second kappa shape index (κ2) is 10.9. The molecular weight excluding hydrogens is 560 g/mol. The van der Waals surface area contributed by atoms with Gasteiger partial charge in [0.05, 0.1) is 23.6 Å². The van der Waals surface area contributed by atoms with Crippen LogP contribution in [0.15, 0.2) is 48.6 Å². The zero-order valence-corrected chi connectivity index (χ0v) is 25.3. The molecule has 41 heavy (non-hydrogen) atoms. The fourth-order valence-corrected chi connectivity index (χ4v) is 8.64. The molecule has 6 atom stereocenters. The zero-order chi connectivity index (χ0) is 28.9. The Morgan fingerprint density at radius 2 is 1.98 bits per heavy atom. The Bertz CT molecular complexity index is 1480. The molecule has 0 radical (unpaired) electrons. The first kappa shape index (κ1) is 28.6. The second-order valence-electron chi connectivity index (χ2n) is 12.6. The number of nitrogens with zero attached hydrogens (tertiary/aromatic N) is 1. The molecule has 0 saturated heterocycles. The fraction of sp³-hybridized carbons (Fsp3) is 0.531. The number of aliphatic hydroxyl groups is 1. The van der Waals surface area contributed by atoms with Gasteiger partial charge in [0, 0.05) is 29.1 Å². The normalized spacial score (nSPS) is 33.8. The number of nitrogens with one attached hydrogen (secondary N) is 1. The van der Waals surface area contributed by atoms with E-state index in [1.165, 1.54) is 11.1 Å². The molecule has 1 fully saturated rings. The van der Waals surface area contributed by atoms with Crippen molar-refractivity contribution in [3.63, 3.8) is 0 Å². The van der Waals surface area contributed by atoms with Crippen LogP contribution in [0.2, 0.25) is 5.02 Å². The number of benzene rings is 2. The number of hydrogen-bond acceptors (Lipinski definition) is 6. The monoisotopic (exact) mass is 598 g/mol. The van der Waals surface area contributed by atoms with Gasteiger partial charge in [-0.1, -0.05) is 36.7 Å². The first-order valence-electron chi connectivity index (χ1n) is 14.8. The van der Waals surface area contributed by atoms with Gasteiger partial charge in [-0.05, 0) is 105 Å². The first-order valence-corrected chi connectivity index (χ1v) is 16.7. The third-order valence-corrected chi connectivity index (χ3v) is 12.2. The number of hydrogen-bond donors (Lipinski definition) is 2. The molecular formula is C32H39ClN2O5S. The highest BCUT2D eigenvalue weighted by molar-refractivity contribution is 7.90. The maximum Gasteiger partial charge on any atom is 0.264 e. The number of amides is 1. The number of anilines is 1. The maximum atomic E-state index is 13.3. The van der Waals surface area contributed by atoms with Crippen molar-refractivity contribution in [2.75, 3.05) is 24.6 Å². The lowest BCUT2D eigenvalue weighted by Crippen LogP contribution is -2.49. The first-order chi connectivity index (χ1) is 19.6. The molecule has 0 aromatic heterocycles. The lowest BCUT2D eigenvalue weighted by atomic mass is 9.68. The second-order valence-corrected chi connectivity index (χ2v) is 15.1. The molecule has 1 amide bonds. The molecule has 2 aliphatic carbocycles. The molecule has 2 bridgehead atoms. The molecule has 2 N–H and O–H groups in total. The van der Waals surface area contributed by atoms with E-state index in [-0.39, 0.29) is 28.7 Å². The van der Waals surface area contributed by atoms with E-state index in [4.69, 9.17) is 16.3 Å². The zero-order valence-electron chi connectivity index (χ0n) is 23.7. The van der Waals surface area contributed by atoms with Gasteiger partial charge in [0.1, 0.15) is 5.75 Å². The van der Waals surface area contributed by atoms with Crippen LogP contribution in [0.1, 0.15) is 67.4 Å². The maximum absolute atomic E-state index is 13.3. The quantitative estimate of drug-likeness (QED) is 0.403. The molecule has 1 saturated carbocycles. The van der Waals surface area contributed by atoms with Crippen LogP contribution in [0.5, 0.6) is 5.75 Å². The van der Waals surface area contributed by atoms with Crippen molar-refractivity contribution < 1.29 is 23.1 Å². The van der Waals surface area contributed by atoms with Gasteiger partial charge >= 0.3 is 0 Å². The molecule has 7 nitrogen and oxygen atoms in total. The Morgan fingerprint density at radius 3 is 2.76 bits per heavy atom. The van der Waals surface area contributed by atoms with Crippen LogP contribution >= 0.6 is 11.6 Å². The number of carbonyl (C=O) groups excluding carboxylic acids is 1. The van der Waals surface area contributed by atoms with E-state index in [1.54, 1.807) is 25.1 Å². The van der Waals surface area contributed by atoms with E-state index in [0.717, 1.165) is 42.8 Å². The van der Waals surface area contributed by atoms with Gasteiger partial charge in [-0.15, -0.1) is 0 Å². The highest BCUT2D eigenvalue weighted by Crippen LogP contribution is 2.46. The molecule has 220 valence electrons. The number of ether oxygens (including phenoxy) is 1. The van der Waals surface area contributed by atoms with Crippen molar-refractivity contribution in [2.45, 2.75) is 69.1 Å². The van der Waals surface area contributed by atoms with Crippen LogP contribution in [-0.4, -0.2) is 50.5 Å². The number of aliphatic hydroxyl groups excluding tert-OH is 1. The highest BCUT2D eigenvalue weighted by atomic mass is 35.5. The number of rotatable bonds is 0. The number of fused-ring (bicyclic) bond motifs is 4. The van der Waals surface area contributed by atoms with Crippen LogP contribution in [0.3, 0.4) is 0 Å². The van der Waals surface area contributed by atoms with Crippen LogP contribution in [0, 0.1) is 17.8 Å². The van der Waals surface area contributed by atoms with Gasteiger partial charge in [-0.2, -0.15) is 0 Å². The summed E-state index contributed by atoms with van der Waals surface area (Å²) in [4.78, 5) is 15.6. The average molecular weight is 599 g/mol. The minimum absolute atomic E-state index is 0.128. The van der Waals surface area contributed by atoms with Gasteiger partial charge in [0.2, 0.25) is 10.0 Å². The Kier molecular flexibility index (Phi) is 7.62. The molecule has 6 rings (SSSR count). The Labute approximate surface area is 248 Å². The molecule has 0 unspecified atom stereocenters. The molecule has 2 aliphatic heterocycles. The van der Waals surface area contributed by atoms with Gasteiger partial charge in [0.25, 0.3) is 5.91 Å². The summed E-state index contributed by atoms with van der Waals surface area (Å²) in [6.07, 6.45) is 8.58. The number of halogens is 1. The number of aryl methyl sites for hydroxylation is 1. The minimum Gasteiger partial charge on any atom is -0.490 e. The van der Waals surface area contributed by atoms with Gasteiger partial charge < -0.3 is 14.7 Å². The standard InChI is InChI=1S/C32H39ClN2O5S/c1-20-5-3-7-29(36)26-11-8-24(26)17-35-18-32(14-4-6-22-15-25(33)10-12-27(22)32)19-40-30-13-9-23(16-28(30)35)31(37)34-41(38,39)21(20)2/h3,7,9-10,12-13,15-16,20-21,24,26,29,36H,4-6,8,11,14,17-19H2,1-2H3,(H,34,37)/b7-3+/t20-,21-,24-,26+,29-,32-/m0/s1. The van der Waals surface area contributed by atoms with E-state index in [9.17, 15) is 18.3 Å². The highest BCUT2D eigenvalue weighted by Gasteiger charge is 2.44. The summed E-state index contributed by atoms with van der Waals surface area (Å²) >= 11 is 6.38. The minimum atomic E-state index is -3.91. The van der Waals surface area contributed by atoms with Gasteiger partial charge in [-0.25, -0.2) is 13.1 Å². The average Bonchev–Trinajstić information content (AvgIpc) is 3.06. The SMILES string of the molecule is C[C@H]1C/C=C/[C@H](O)[C@@H]2CC[C@H]2CN2C[C@@]3(CCCc4cc(Cl)ccc43)COc3ccc(cc32)C(=O)NS(=O)(=O)[C@H]1C. The van der Waals surface area contributed by atoms with Crippen molar-refractivity contribution in [1.82, 2.24) is 4.72 Å². The largest absolute Gasteiger partial charge is 0.490 e. The Morgan fingerprint density at radius 1 is 1.15 bits per heavy atom. The summed E-state index contributed by atoms with van der Waals surface area (Å²) in [5, 5.41) is 11.1. The van der Waals surface area contributed by atoms with Crippen LogP contribution in [0.25, 0.3) is 0 Å². The summed E-state index contributed by atoms with van der Waals surface area (Å²) in [6.45, 7) is 5.39. The topological polar surface area (TPSA) is 95.9 Å². The number of carbonyl (C=O) groups is 1. The predicted octanol–water partition coefficient (Wildman–Crippen LogP) is 5.24. The summed E-state index contributed by atoms with van der Waals surface area (Å²) in [6, 6.07) is 11.4. The van der Waals surface area contributed by atoms with Crippen LogP contribution < -0.4 is 14.4 Å². The fourth-order valence-electron chi connectivity index (χ4n) is 7.16. The third kappa shape index (κ3) is 5.39. The van der Waals surface area contributed by atoms with E-state index < -0.39 is 27.3 Å².